The maximum atomic E-state index is 13.0. The van der Waals surface area contributed by atoms with Gasteiger partial charge in [0.05, 0.1) is 23.8 Å². The summed E-state index contributed by atoms with van der Waals surface area (Å²) in [4.78, 5) is 37.3. The molecule has 2 atom stereocenters. The topological polar surface area (TPSA) is 123 Å². The lowest BCUT2D eigenvalue weighted by Gasteiger charge is -2.20. The fourth-order valence-corrected chi connectivity index (χ4v) is 4.17. The van der Waals surface area contributed by atoms with Crippen molar-refractivity contribution in [2.24, 2.45) is 5.73 Å². The molecule has 2 aliphatic rings. The fourth-order valence-electron chi connectivity index (χ4n) is 4.17. The second-order valence-electron chi connectivity index (χ2n) is 7.99. The van der Waals surface area contributed by atoms with E-state index in [1.165, 1.54) is 6.07 Å². The van der Waals surface area contributed by atoms with Crippen LogP contribution in [0.15, 0.2) is 42.5 Å². The zero-order valence-corrected chi connectivity index (χ0v) is 17.4. The molecule has 1 fully saturated rings. The van der Waals surface area contributed by atoms with Gasteiger partial charge in [-0.05, 0) is 42.7 Å². The first-order chi connectivity index (χ1) is 14.9. The van der Waals surface area contributed by atoms with E-state index >= 15 is 0 Å². The van der Waals surface area contributed by atoms with Crippen LogP contribution in [0, 0.1) is 0 Å². The summed E-state index contributed by atoms with van der Waals surface area (Å²) >= 11 is 0. The second kappa shape index (κ2) is 8.39. The van der Waals surface area contributed by atoms with Crippen molar-refractivity contribution in [1.82, 2.24) is 5.32 Å². The normalized spacial score (nSPS) is 21.6. The highest BCUT2D eigenvalue weighted by molar-refractivity contribution is 6.08. The summed E-state index contributed by atoms with van der Waals surface area (Å²) in [6.07, 6.45) is 2.15. The molecule has 2 aromatic rings. The lowest BCUT2D eigenvalue weighted by atomic mass is 9.79. The quantitative estimate of drug-likeness (QED) is 0.509. The lowest BCUT2D eigenvalue weighted by molar-refractivity contribution is -0.120. The van der Waals surface area contributed by atoms with Gasteiger partial charge in [-0.1, -0.05) is 31.5 Å². The maximum Gasteiger partial charge on any atom is 0.248 e. The van der Waals surface area contributed by atoms with Crippen molar-refractivity contribution in [3.63, 3.8) is 0 Å². The molecule has 8 heteroatoms. The van der Waals surface area contributed by atoms with Crippen molar-refractivity contribution < 1.29 is 19.1 Å². The summed E-state index contributed by atoms with van der Waals surface area (Å²) in [5.41, 5.74) is 7.10. The maximum absolute atomic E-state index is 13.0. The van der Waals surface area contributed by atoms with Crippen molar-refractivity contribution in [1.29, 1.82) is 0 Å². The van der Waals surface area contributed by atoms with Crippen LogP contribution in [-0.2, 0) is 15.0 Å². The number of para-hydroxylation sites is 1. The Morgan fingerprint density at radius 1 is 1.26 bits per heavy atom. The number of benzene rings is 2. The van der Waals surface area contributed by atoms with Gasteiger partial charge in [0.15, 0.2) is 0 Å². The molecule has 2 heterocycles. The Kier molecular flexibility index (Phi) is 5.65. The van der Waals surface area contributed by atoms with Crippen molar-refractivity contribution in [3.8, 4) is 5.75 Å². The van der Waals surface area contributed by atoms with E-state index in [2.05, 4.69) is 16.0 Å². The van der Waals surface area contributed by atoms with Gasteiger partial charge in [-0.25, -0.2) is 0 Å². The first kappa shape index (κ1) is 20.9. The lowest BCUT2D eigenvalue weighted by Crippen LogP contribution is -2.36. The molecule has 1 saturated heterocycles. The number of hydrogen-bond acceptors (Lipinski definition) is 5. The Labute approximate surface area is 180 Å². The highest BCUT2D eigenvalue weighted by Crippen LogP contribution is 2.43. The largest absolute Gasteiger partial charge is 0.491 e. The number of unbranched alkanes of at least 4 members (excludes halogenated alkanes) is 1. The summed E-state index contributed by atoms with van der Waals surface area (Å²) in [6, 6.07) is 11.7. The average Bonchev–Trinajstić information content (AvgIpc) is 3.32. The molecule has 31 heavy (non-hydrogen) atoms. The van der Waals surface area contributed by atoms with Gasteiger partial charge in [0, 0.05) is 17.8 Å². The van der Waals surface area contributed by atoms with Gasteiger partial charge in [-0.3, -0.25) is 14.4 Å². The van der Waals surface area contributed by atoms with E-state index in [1.807, 2.05) is 31.2 Å². The van der Waals surface area contributed by atoms with Crippen LogP contribution in [0.2, 0.25) is 0 Å². The average molecular weight is 422 g/mol. The third-order valence-electron chi connectivity index (χ3n) is 5.92. The number of primary amides is 1. The smallest absolute Gasteiger partial charge is 0.248 e. The third kappa shape index (κ3) is 3.86. The number of hydrogen-bond donors (Lipinski definition) is 4. The van der Waals surface area contributed by atoms with Crippen molar-refractivity contribution in [3.05, 3.63) is 53.6 Å². The molecule has 3 amide bonds. The van der Waals surface area contributed by atoms with Gasteiger partial charge in [0.2, 0.25) is 17.7 Å². The third-order valence-corrected chi connectivity index (χ3v) is 5.92. The fraction of sp³-hybridized carbons (Fsp3) is 0.348. The molecule has 0 saturated carbocycles. The predicted octanol–water partition coefficient (Wildman–Crippen LogP) is 2.15. The molecule has 0 aliphatic carbocycles. The van der Waals surface area contributed by atoms with Crippen LogP contribution in [-0.4, -0.2) is 36.9 Å². The molecule has 162 valence electrons. The Morgan fingerprint density at radius 2 is 2.06 bits per heavy atom. The molecule has 1 spiro atoms. The van der Waals surface area contributed by atoms with Gasteiger partial charge in [-0.2, -0.15) is 0 Å². The summed E-state index contributed by atoms with van der Waals surface area (Å²) in [6.45, 7) is 2.89. The number of nitrogens with two attached hydrogens (primary N) is 1. The molecule has 8 nitrogen and oxygen atoms in total. The van der Waals surface area contributed by atoms with Crippen LogP contribution in [0.4, 0.5) is 11.4 Å². The Hall–Kier alpha value is -3.39. The minimum atomic E-state index is -0.755. The predicted molar refractivity (Wildman–Crippen MR) is 117 cm³/mol. The van der Waals surface area contributed by atoms with Crippen molar-refractivity contribution in [2.75, 3.05) is 23.8 Å². The van der Waals surface area contributed by atoms with Crippen LogP contribution >= 0.6 is 0 Å². The van der Waals surface area contributed by atoms with Crippen LogP contribution in [0.1, 0.15) is 42.1 Å². The first-order valence-electron chi connectivity index (χ1n) is 10.5. The summed E-state index contributed by atoms with van der Waals surface area (Å²) in [5, 5.41) is 8.99. The number of anilines is 2. The van der Waals surface area contributed by atoms with E-state index in [9.17, 15) is 14.4 Å². The van der Waals surface area contributed by atoms with Crippen LogP contribution in [0.3, 0.4) is 0 Å². The standard InChI is InChI=1S/C23H26N4O4/c1-2-3-10-31-19-11-14(20(24)28)8-9-17(19)26-21(29)18-12-23(13-25-18)15-6-4-5-7-16(15)27-22(23)30/h4-9,11,18,25H,2-3,10,12-13H2,1H3,(H2,24,28)(H,26,29)(H,27,30). The first-order valence-corrected chi connectivity index (χ1v) is 10.5. The SMILES string of the molecule is CCCCOc1cc(C(N)=O)ccc1NC(=O)C1CC2(CN1)C(=O)Nc1ccccc12. The zero-order chi connectivity index (χ0) is 22.0. The highest BCUT2D eigenvalue weighted by Gasteiger charge is 2.52. The number of amides is 3. The monoisotopic (exact) mass is 422 g/mol. The van der Waals surface area contributed by atoms with E-state index in [1.54, 1.807) is 12.1 Å². The summed E-state index contributed by atoms with van der Waals surface area (Å²) < 4.78 is 5.78. The summed E-state index contributed by atoms with van der Waals surface area (Å²) in [7, 11) is 0. The van der Waals surface area contributed by atoms with E-state index < -0.39 is 17.4 Å². The van der Waals surface area contributed by atoms with E-state index in [0.717, 1.165) is 24.1 Å². The summed E-state index contributed by atoms with van der Waals surface area (Å²) in [5.74, 6) is -0.523. The molecule has 2 aromatic carbocycles. The zero-order valence-electron chi connectivity index (χ0n) is 17.4. The van der Waals surface area contributed by atoms with Crippen molar-refractivity contribution in [2.45, 2.75) is 37.6 Å². The van der Waals surface area contributed by atoms with E-state index in [0.29, 0.717) is 36.6 Å². The number of rotatable bonds is 7. The second-order valence-corrected chi connectivity index (χ2v) is 7.99. The van der Waals surface area contributed by atoms with Crippen LogP contribution < -0.4 is 26.4 Å². The minimum Gasteiger partial charge on any atom is -0.491 e. The molecule has 0 bridgehead atoms. The van der Waals surface area contributed by atoms with Crippen LogP contribution in [0.25, 0.3) is 0 Å². The molecular weight excluding hydrogens is 396 g/mol. The Bertz CT molecular complexity index is 1040. The number of ether oxygens (including phenoxy) is 1. The van der Waals surface area contributed by atoms with Gasteiger partial charge < -0.3 is 26.4 Å². The number of nitrogens with one attached hydrogen (secondary N) is 3. The number of carbonyl (C=O) groups is 3. The molecule has 2 unspecified atom stereocenters. The van der Waals surface area contributed by atoms with Gasteiger partial charge >= 0.3 is 0 Å². The molecule has 4 rings (SSSR count). The van der Waals surface area contributed by atoms with Gasteiger partial charge in [-0.15, -0.1) is 0 Å². The van der Waals surface area contributed by atoms with Crippen molar-refractivity contribution >= 4 is 29.1 Å². The number of carbonyl (C=O) groups excluding carboxylic acids is 3. The Balaban J connectivity index is 1.51. The molecule has 2 aliphatic heterocycles. The molecular formula is C23H26N4O4. The van der Waals surface area contributed by atoms with E-state index in [-0.39, 0.29) is 11.8 Å². The minimum absolute atomic E-state index is 0.0918. The molecule has 0 aromatic heterocycles. The Morgan fingerprint density at radius 3 is 2.84 bits per heavy atom. The highest BCUT2D eigenvalue weighted by atomic mass is 16.5. The molecule has 5 N–H and O–H groups in total. The van der Waals surface area contributed by atoms with Gasteiger partial charge in [0.25, 0.3) is 0 Å². The van der Waals surface area contributed by atoms with Gasteiger partial charge in [0.1, 0.15) is 5.75 Å². The van der Waals surface area contributed by atoms with Crippen LogP contribution in [0.5, 0.6) is 5.75 Å². The molecule has 0 radical (unpaired) electrons. The number of fused-ring (bicyclic) bond motifs is 2. The van der Waals surface area contributed by atoms with E-state index in [4.69, 9.17) is 10.5 Å².